The van der Waals surface area contributed by atoms with E-state index in [1.807, 2.05) is 10.8 Å². The lowest BCUT2D eigenvalue weighted by Crippen LogP contribution is -2.45. The van der Waals surface area contributed by atoms with Gasteiger partial charge >= 0.3 is 6.18 Å². The first-order valence-corrected chi connectivity index (χ1v) is 9.40. The third kappa shape index (κ3) is 3.65. The standard InChI is InChI=1S/C20H22F3N3O2/c21-20(22,23)15-3-1-2-14(10-15)19(4-5-19)18(28)25-16-8-13(9-17(16)27)11-26-7-6-24-12-26/h1-3,6-7,10,12-13,16-17,27H,4-5,8-9,11H2,(H,25,28)/t13?,16-,17-/m1/s1. The predicted octanol–water partition coefficient (Wildman–Crippen LogP) is 2.89. The Bertz CT molecular complexity index is 847. The maximum Gasteiger partial charge on any atom is 0.416 e. The van der Waals surface area contributed by atoms with Crippen molar-refractivity contribution in [3.63, 3.8) is 0 Å². The van der Waals surface area contributed by atoms with Crippen LogP contribution in [-0.2, 0) is 22.9 Å². The highest BCUT2D eigenvalue weighted by Crippen LogP contribution is 2.49. The summed E-state index contributed by atoms with van der Waals surface area (Å²) in [6, 6.07) is 4.62. The first-order valence-electron chi connectivity index (χ1n) is 9.40. The number of alkyl halides is 3. The Hall–Kier alpha value is -2.35. The van der Waals surface area contributed by atoms with E-state index in [0.29, 0.717) is 37.8 Å². The number of aromatic nitrogens is 2. The number of imidazole rings is 1. The quantitative estimate of drug-likeness (QED) is 0.821. The van der Waals surface area contributed by atoms with Crippen molar-refractivity contribution in [2.24, 2.45) is 5.92 Å². The topological polar surface area (TPSA) is 67.2 Å². The smallest absolute Gasteiger partial charge is 0.391 e. The number of amides is 1. The van der Waals surface area contributed by atoms with Crippen LogP contribution in [0.15, 0.2) is 43.0 Å². The van der Waals surface area contributed by atoms with Crippen molar-refractivity contribution < 1.29 is 23.1 Å². The molecule has 2 fully saturated rings. The summed E-state index contributed by atoms with van der Waals surface area (Å²) in [6.07, 6.45) is 2.39. The molecule has 5 nitrogen and oxygen atoms in total. The second-order valence-corrected chi connectivity index (χ2v) is 7.90. The number of carbonyl (C=O) groups is 1. The van der Waals surface area contributed by atoms with Gasteiger partial charge in [-0.3, -0.25) is 4.79 Å². The molecule has 1 aromatic carbocycles. The normalized spacial score (nSPS) is 26.2. The number of aliphatic hydroxyl groups excluding tert-OH is 1. The van der Waals surface area contributed by atoms with E-state index in [9.17, 15) is 23.1 Å². The Morgan fingerprint density at radius 2 is 2.11 bits per heavy atom. The van der Waals surface area contributed by atoms with Crippen molar-refractivity contribution in [1.82, 2.24) is 14.9 Å². The molecule has 0 saturated heterocycles. The summed E-state index contributed by atoms with van der Waals surface area (Å²) in [5.41, 5.74) is -1.27. The molecular formula is C20H22F3N3O2. The Kier molecular flexibility index (Phi) is 4.69. The molecule has 2 aromatic rings. The number of aliphatic hydroxyl groups is 1. The van der Waals surface area contributed by atoms with E-state index in [4.69, 9.17) is 0 Å². The number of rotatable bonds is 5. The van der Waals surface area contributed by atoms with Gasteiger partial charge in [-0.05, 0) is 43.2 Å². The van der Waals surface area contributed by atoms with Gasteiger partial charge in [-0.25, -0.2) is 4.98 Å². The number of benzene rings is 1. The summed E-state index contributed by atoms with van der Waals surface area (Å²) in [5, 5.41) is 13.3. The molecule has 1 heterocycles. The van der Waals surface area contributed by atoms with E-state index in [0.717, 1.165) is 12.1 Å². The van der Waals surface area contributed by atoms with Crippen LogP contribution in [0.2, 0.25) is 0 Å². The zero-order chi connectivity index (χ0) is 19.9. The van der Waals surface area contributed by atoms with Crippen LogP contribution in [-0.4, -0.2) is 32.7 Å². The van der Waals surface area contributed by atoms with Crippen LogP contribution in [0.25, 0.3) is 0 Å². The Labute approximate surface area is 160 Å². The predicted molar refractivity (Wildman–Crippen MR) is 95.2 cm³/mol. The van der Waals surface area contributed by atoms with Gasteiger partial charge in [0.15, 0.2) is 0 Å². The fourth-order valence-corrected chi connectivity index (χ4v) is 4.19. The lowest BCUT2D eigenvalue weighted by molar-refractivity contribution is -0.137. The molecule has 28 heavy (non-hydrogen) atoms. The lowest BCUT2D eigenvalue weighted by Gasteiger charge is -2.22. The highest BCUT2D eigenvalue weighted by Gasteiger charge is 2.53. The number of hydrogen-bond donors (Lipinski definition) is 2. The van der Waals surface area contributed by atoms with Crippen LogP contribution in [0.5, 0.6) is 0 Å². The maximum atomic E-state index is 13.0. The molecule has 150 valence electrons. The van der Waals surface area contributed by atoms with Crippen molar-refractivity contribution >= 4 is 5.91 Å². The Balaban J connectivity index is 1.43. The van der Waals surface area contributed by atoms with Crippen molar-refractivity contribution in [2.45, 2.75) is 56.0 Å². The fraction of sp³-hybridized carbons (Fsp3) is 0.500. The highest BCUT2D eigenvalue weighted by atomic mass is 19.4. The van der Waals surface area contributed by atoms with Gasteiger partial charge in [-0.1, -0.05) is 18.2 Å². The second kappa shape index (κ2) is 6.92. The van der Waals surface area contributed by atoms with E-state index < -0.39 is 23.3 Å². The molecule has 0 bridgehead atoms. The highest BCUT2D eigenvalue weighted by molar-refractivity contribution is 5.91. The molecule has 2 N–H and O–H groups in total. The summed E-state index contributed by atoms with van der Waals surface area (Å²) in [4.78, 5) is 16.9. The van der Waals surface area contributed by atoms with E-state index in [2.05, 4.69) is 10.3 Å². The van der Waals surface area contributed by atoms with Gasteiger partial charge in [0.25, 0.3) is 0 Å². The van der Waals surface area contributed by atoms with Crippen LogP contribution in [0.3, 0.4) is 0 Å². The maximum absolute atomic E-state index is 13.0. The summed E-state index contributed by atoms with van der Waals surface area (Å²) >= 11 is 0. The van der Waals surface area contributed by atoms with Gasteiger partial charge in [-0.15, -0.1) is 0 Å². The first kappa shape index (κ1) is 19.0. The molecule has 8 heteroatoms. The van der Waals surface area contributed by atoms with Crippen molar-refractivity contribution in [2.75, 3.05) is 0 Å². The van der Waals surface area contributed by atoms with E-state index in [1.54, 1.807) is 18.6 Å². The zero-order valence-corrected chi connectivity index (χ0v) is 15.2. The van der Waals surface area contributed by atoms with E-state index in [-0.39, 0.29) is 17.9 Å². The molecule has 2 saturated carbocycles. The molecule has 2 aliphatic carbocycles. The van der Waals surface area contributed by atoms with Crippen molar-refractivity contribution in [1.29, 1.82) is 0 Å². The minimum absolute atomic E-state index is 0.207. The summed E-state index contributed by atoms with van der Waals surface area (Å²) in [7, 11) is 0. The average molecular weight is 393 g/mol. The van der Waals surface area contributed by atoms with E-state index in [1.165, 1.54) is 6.07 Å². The van der Waals surface area contributed by atoms with E-state index >= 15 is 0 Å². The van der Waals surface area contributed by atoms with Crippen molar-refractivity contribution in [3.05, 3.63) is 54.1 Å². The Morgan fingerprint density at radius 3 is 2.75 bits per heavy atom. The minimum Gasteiger partial charge on any atom is -0.391 e. The fourth-order valence-electron chi connectivity index (χ4n) is 4.19. The lowest BCUT2D eigenvalue weighted by atomic mass is 9.92. The van der Waals surface area contributed by atoms with Crippen LogP contribution in [0.1, 0.15) is 36.8 Å². The summed E-state index contributed by atoms with van der Waals surface area (Å²) < 4.78 is 41.0. The molecule has 1 unspecified atom stereocenters. The first-order chi connectivity index (χ1) is 13.3. The molecular weight excluding hydrogens is 371 g/mol. The molecule has 1 aromatic heterocycles. The number of carbonyl (C=O) groups excluding carboxylic acids is 1. The van der Waals surface area contributed by atoms with Gasteiger partial charge < -0.3 is 15.0 Å². The third-order valence-electron chi connectivity index (χ3n) is 5.90. The van der Waals surface area contributed by atoms with Gasteiger partial charge in [0.05, 0.1) is 29.5 Å². The number of nitrogens with one attached hydrogen (secondary N) is 1. The number of hydrogen-bond acceptors (Lipinski definition) is 3. The molecule has 3 atom stereocenters. The van der Waals surface area contributed by atoms with Crippen molar-refractivity contribution in [3.8, 4) is 0 Å². The number of nitrogens with zero attached hydrogens (tertiary/aromatic N) is 2. The van der Waals surface area contributed by atoms with Gasteiger partial charge in [0.1, 0.15) is 0 Å². The zero-order valence-electron chi connectivity index (χ0n) is 15.2. The third-order valence-corrected chi connectivity index (χ3v) is 5.90. The Morgan fingerprint density at radius 1 is 1.32 bits per heavy atom. The molecule has 0 radical (unpaired) electrons. The summed E-state index contributed by atoms with van der Waals surface area (Å²) in [6.45, 7) is 0.711. The monoisotopic (exact) mass is 393 g/mol. The van der Waals surface area contributed by atoms with Crippen LogP contribution in [0, 0.1) is 5.92 Å². The molecule has 2 aliphatic rings. The molecule has 1 amide bonds. The van der Waals surface area contributed by atoms with Gasteiger partial charge in [-0.2, -0.15) is 13.2 Å². The molecule has 4 rings (SSSR count). The minimum atomic E-state index is -4.44. The van der Waals surface area contributed by atoms with Gasteiger partial charge in [0.2, 0.25) is 5.91 Å². The largest absolute Gasteiger partial charge is 0.416 e. The second-order valence-electron chi connectivity index (χ2n) is 7.90. The average Bonchev–Trinajstić information content (AvgIpc) is 3.18. The van der Waals surface area contributed by atoms with Crippen LogP contribution < -0.4 is 5.32 Å². The molecule has 0 aliphatic heterocycles. The number of halogens is 3. The summed E-state index contributed by atoms with van der Waals surface area (Å²) in [5.74, 6) is -0.0858. The SMILES string of the molecule is O=C(N[C@@H]1CC(Cn2ccnc2)C[C@H]1O)C1(c2cccc(C(F)(F)F)c2)CC1. The van der Waals surface area contributed by atoms with Gasteiger partial charge in [0, 0.05) is 18.9 Å². The molecule has 0 spiro atoms. The van der Waals surface area contributed by atoms with Crippen LogP contribution in [0.4, 0.5) is 13.2 Å². The van der Waals surface area contributed by atoms with Crippen LogP contribution >= 0.6 is 0 Å².